The van der Waals surface area contributed by atoms with Gasteiger partial charge in [0.2, 0.25) is 5.91 Å². The number of methoxy groups -OCH3 is 1. The Morgan fingerprint density at radius 1 is 1.58 bits per heavy atom. The van der Waals surface area contributed by atoms with Gasteiger partial charge in [-0.15, -0.1) is 0 Å². The maximum Gasteiger partial charge on any atom is 0.243 e. The summed E-state index contributed by atoms with van der Waals surface area (Å²) < 4.78 is 5.75. The van der Waals surface area contributed by atoms with E-state index in [1.165, 1.54) is 7.11 Å². The first-order valence-corrected chi connectivity index (χ1v) is 6.51. The molecule has 1 heterocycles. The maximum absolute atomic E-state index is 11.9. The molecule has 0 aliphatic rings. The van der Waals surface area contributed by atoms with Crippen LogP contribution in [0.15, 0.2) is 34.9 Å². The predicted octanol–water partition coefficient (Wildman–Crippen LogP) is 1.91. The van der Waals surface area contributed by atoms with Crippen molar-refractivity contribution < 1.29 is 9.53 Å². The van der Waals surface area contributed by atoms with E-state index in [-0.39, 0.29) is 12.5 Å². The van der Waals surface area contributed by atoms with Crippen LogP contribution in [-0.2, 0) is 9.53 Å². The van der Waals surface area contributed by atoms with Crippen molar-refractivity contribution in [1.82, 2.24) is 4.98 Å². The van der Waals surface area contributed by atoms with Crippen LogP contribution in [0, 0.1) is 0 Å². The summed E-state index contributed by atoms with van der Waals surface area (Å²) in [6.07, 6.45) is 1.69. The lowest BCUT2D eigenvalue weighted by Gasteiger charge is -2.12. The van der Waals surface area contributed by atoms with Crippen molar-refractivity contribution in [2.75, 3.05) is 19.0 Å². The molecule has 1 aromatic heterocycles. The monoisotopic (exact) mass is 323 g/mol. The van der Waals surface area contributed by atoms with Crippen LogP contribution in [0.25, 0.3) is 10.9 Å². The number of nitrogens with zero attached hydrogens (tertiary/aromatic N) is 1. The molecule has 1 atom stereocenters. The highest BCUT2D eigenvalue weighted by atomic mass is 79.9. The van der Waals surface area contributed by atoms with Gasteiger partial charge < -0.3 is 15.8 Å². The summed E-state index contributed by atoms with van der Waals surface area (Å²) in [5, 5.41) is 3.70. The standard InChI is InChI=1S/C13H14BrN3O2/c1-19-7-10(15)13(18)17-11-4-2-3-8-5-9(14)6-16-12(8)11/h2-6,10H,7,15H2,1H3,(H,17,18). The predicted molar refractivity (Wildman–Crippen MR) is 77.9 cm³/mol. The second kappa shape index (κ2) is 6.10. The quantitative estimate of drug-likeness (QED) is 0.901. The van der Waals surface area contributed by atoms with Crippen LogP contribution in [0.2, 0.25) is 0 Å². The Labute approximate surface area is 119 Å². The van der Waals surface area contributed by atoms with Crippen LogP contribution in [0.1, 0.15) is 0 Å². The zero-order chi connectivity index (χ0) is 13.8. The maximum atomic E-state index is 11.9. The highest BCUT2D eigenvalue weighted by molar-refractivity contribution is 9.10. The third-order valence-corrected chi connectivity index (χ3v) is 3.05. The number of pyridine rings is 1. The first-order valence-electron chi connectivity index (χ1n) is 5.71. The van der Waals surface area contributed by atoms with Gasteiger partial charge in [-0.2, -0.15) is 0 Å². The number of anilines is 1. The van der Waals surface area contributed by atoms with E-state index in [1.54, 1.807) is 12.3 Å². The lowest BCUT2D eigenvalue weighted by molar-refractivity contribution is -0.118. The van der Waals surface area contributed by atoms with E-state index in [2.05, 4.69) is 26.2 Å². The largest absolute Gasteiger partial charge is 0.383 e. The molecular weight excluding hydrogens is 310 g/mol. The average molecular weight is 324 g/mol. The molecule has 2 rings (SSSR count). The minimum Gasteiger partial charge on any atom is -0.383 e. The Morgan fingerprint density at radius 3 is 3.11 bits per heavy atom. The van der Waals surface area contributed by atoms with Crippen LogP contribution < -0.4 is 11.1 Å². The summed E-state index contributed by atoms with van der Waals surface area (Å²) in [6.45, 7) is 0.176. The number of hydrogen-bond donors (Lipinski definition) is 2. The molecule has 0 saturated heterocycles. The average Bonchev–Trinajstić information content (AvgIpc) is 2.38. The van der Waals surface area contributed by atoms with Crippen molar-refractivity contribution in [3.05, 3.63) is 34.9 Å². The lowest BCUT2D eigenvalue weighted by atomic mass is 10.2. The van der Waals surface area contributed by atoms with Gasteiger partial charge in [-0.3, -0.25) is 9.78 Å². The fraction of sp³-hybridized carbons (Fsp3) is 0.231. The van der Waals surface area contributed by atoms with Crippen molar-refractivity contribution in [2.45, 2.75) is 6.04 Å². The van der Waals surface area contributed by atoms with Crippen LogP contribution in [0.5, 0.6) is 0 Å². The first-order chi connectivity index (χ1) is 9.11. The number of fused-ring (bicyclic) bond motifs is 1. The van der Waals surface area contributed by atoms with E-state index in [4.69, 9.17) is 10.5 Å². The zero-order valence-corrected chi connectivity index (χ0v) is 12.0. The van der Waals surface area contributed by atoms with Gasteiger partial charge in [0, 0.05) is 23.2 Å². The Morgan fingerprint density at radius 2 is 2.37 bits per heavy atom. The number of carbonyl (C=O) groups is 1. The molecule has 100 valence electrons. The summed E-state index contributed by atoms with van der Waals surface area (Å²) in [6, 6.07) is 6.81. The SMILES string of the molecule is COCC(N)C(=O)Nc1cccc2cc(Br)cnc12. The van der Waals surface area contributed by atoms with Gasteiger partial charge in [0.25, 0.3) is 0 Å². The number of carbonyl (C=O) groups excluding carboxylic acids is 1. The van der Waals surface area contributed by atoms with Gasteiger partial charge >= 0.3 is 0 Å². The number of nitrogens with one attached hydrogen (secondary N) is 1. The topological polar surface area (TPSA) is 77.2 Å². The number of nitrogens with two attached hydrogens (primary N) is 1. The highest BCUT2D eigenvalue weighted by Crippen LogP contribution is 2.23. The van der Waals surface area contributed by atoms with Gasteiger partial charge in [-0.1, -0.05) is 12.1 Å². The van der Waals surface area contributed by atoms with Crippen molar-refractivity contribution in [3.63, 3.8) is 0 Å². The Balaban J connectivity index is 2.28. The molecule has 2 aromatic rings. The van der Waals surface area contributed by atoms with Gasteiger partial charge in [0.1, 0.15) is 6.04 Å². The minimum absolute atomic E-state index is 0.176. The van der Waals surface area contributed by atoms with Crippen molar-refractivity contribution in [3.8, 4) is 0 Å². The van der Waals surface area contributed by atoms with E-state index >= 15 is 0 Å². The minimum atomic E-state index is -0.698. The number of rotatable bonds is 4. The first kappa shape index (κ1) is 13.9. The molecule has 0 radical (unpaired) electrons. The molecule has 0 spiro atoms. The second-order valence-corrected chi connectivity index (χ2v) is 5.00. The molecule has 1 amide bonds. The Kier molecular flexibility index (Phi) is 4.47. The van der Waals surface area contributed by atoms with Crippen LogP contribution >= 0.6 is 15.9 Å². The third kappa shape index (κ3) is 3.28. The van der Waals surface area contributed by atoms with Crippen LogP contribution in [-0.4, -0.2) is 30.6 Å². The number of amides is 1. The third-order valence-electron chi connectivity index (χ3n) is 2.62. The summed E-state index contributed by atoms with van der Waals surface area (Å²) in [5.74, 6) is -0.293. The molecular formula is C13H14BrN3O2. The molecule has 0 bridgehead atoms. The van der Waals surface area contributed by atoms with Crippen LogP contribution in [0.4, 0.5) is 5.69 Å². The number of hydrogen-bond acceptors (Lipinski definition) is 4. The van der Waals surface area contributed by atoms with Gasteiger partial charge in [0.15, 0.2) is 0 Å². The second-order valence-electron chi connectivity index (χ2n) is 4.08. The Bertz CT molecular complexity index is 603. The zero-order valence-electron chi connectivity index (χ0n) is 10.4. The van der Waals surface area contributed by atoms with Gasteiger partial charge in [-0.25, -0.2) is 0 Å². The number of halogens is 1. The molecule has 0 saturated carbocycles. The molecule has 1 unspecified atom stereocenters. The van der Waals surface area contributed by atoms with Gasteiger partial charge in [-0.05, 0) is 28.1 Å². The van der Waals surface area contributed by atoms with Crippen molar-refractivity contribution in [2.24, 2.45) is 5.73 Å². The lowest BCUT2D eigenvalue weighted by Crippen LogP contribution is -2.39. The van der Waals surface area contributed by atoms with Crippen molar-refractivity contribution >= 4 is 38.4 Å². The molecule has 19 heavy (non-hydrogen) atoms. The van der Waals surface area contributed by atoms with Crippen LogP contribution in [0.3, 0.4) is 0 Å². The summed E-state index contributed by atoms with van der Waals surface area (Å²) in [4.78, 5) is 16.2. The van der Waals surface area contributed by atoms with E-state index in [0.717, 1.165) is 15.4 Å². The molecule has 3 N–H and O–H groups in total. The number of benzene rings is 1. The molecule has 5 nitrogen and oxygen atoms in total. The smallest absolute Gasteiger partial charge is 0.243 e. The Hall–Kier alpha value is -1.50. The normalized spacial score (nSPS) is 12.4. The molecule has 1 aromatic carbocycles. The van der Waals surface area contributed by atoms with E-state index < -0.39 is 6.04 Å². The number of aromatic nitrogens is 1. The summed E-state index contributed by atoms with van der Waals surface area (Å²) >= 11 is 3.37. The number of para-hydroxylation sites is 1. The molecule has 0 fully saturated rings. The molecule has 0 aliphatic carbocycles. The van der Waals surface area contributed by atoms with E-state index in [9.17, 15) is 4.79 Å². The summed E-state index contributed by atoms with van der Waals surface area (Å²) in [5.41, 5.74) is 7.04. The molecule has 0 aliphatic heterocycles. The van der Waals surface area contributed by atoms with E-state index in [1.807, 2.05) is 18.2 Å². The van der Waals surface area contributed by atoms with E-state index in [0.29, 0.717) is 5.69 Å². The fourth-order valence-electron chi connectivity index (χ4n) is 1.72. The summed E-state index contributed by atoms with van der Waals surface area (Å²) in [7, 11) is 1.50. The highest BCUT2D eigenvalue weighted by Gasteiger charge is 2.14. The van der Waals surface area contributed by atoms with Gasteiger partial charge in [0.05, 0.1) is 17.8 Å². The fourth-order valence-corrected chi connectivity index (χ4v) is 2.06. The molecule has 6 heteroatoms. The number of ether oxygens (including phenoxy) is 1. The van der Waals surface area contributed by atoms with Crippen molar-refractivity contribution in [1.29, 1.82) is 0 Å².